The molecule has 0 aliphatic rings. The Hall–Kier alpha value is -1.27. The van der Waals surface area contributed by atoms with Gasteiger partial charge in [0.1, 0.15) is 0 Å². The van der Waals surface area contributed by atoms with Crippen LogP contribution in [0.1, 0.15) is 29.8 Å². The average molecular weight is 333 g/mol. The Morgan fingerprint density at radius 3 is 2.62 bits per heavy atom. The standard InChI is InChI=1S/C14H21ClN2O3S/c1-4-16-14(18)12-6-5-11(3)13(7-12)17-21(19,20)9-10(2)8-15/h5-7,10,17H,4,8-9H2,1-3H3,(H,16,18). The van der Waals surface area contributed by atoms with E-state index in [1.54, 1.807) is 32.0 Å². The number of halogens is 1. The summed E-state index contributed by atoms with van der Waals surface area (Å²) in [7, 11) is -3.49. The molecule has 1 rings (SSSR count). The van der Waals surface area contributed by atoms with E-state index in [0.29, 0.717) is 17.8 Å². The van der Waals surface area contributed by atoms with Gasteiger partial charge in [0.2, 0.25) is 10.0 Å². The highest BCUT2D eigenvalue weighted by molar-refractivity contribution is 7.92. The van der Waals surface area contributed by atoms with Crippen LogP contribution in [-0.2, 0) is 10.0 Å². The Bertz CT molecular complexity index is 602. The smallest absolute Gasteiger partial charge is 0.251 e. The number of nitrogens with one attached hydrogen (secondary N) is 2. The number of alkyl halides is 1. The van der Waals surface area contributed by atoms with Crippen LogP contribution in [0.25, 0.3) is 0 Å². The van der Waals surface area contributed by atoms with Crippen molar-refractivity contribution in [3.05, 3.63) is 29.3 Å². The van der Waals surface area contributed by atoms with E-state index in [4.69, 9.17) is 11.6 Å². The van der Waals surface area contributed by atoms with E-state index in [1.807, 2.05) is 6.92 Å². The van der Waals surface area contributed by atoms with Gasteiger partial charge in [0.05, 0.1) is 11.4 Å². The van der Waals surface area contributed by atoms with Crippen molar-refractivity contribution in [1.29, 1.82) is 0 Å². The second-order valence-corrected chi connectivity index (χ2v) is 7.11. The van der Waals surface area contributed by atoms with Crippen molar-refractivity contribution in [2.75, 3.05) is 22.9 Å². The molecule has 0 spiro atoms. The lowest BCUT2D eigenvalue weighted by Gasteiger charge is -2.14. The lowest BCUT2D eigenvalue weighted by Crippen LogP contribution is -2.24. The maximum absolute atomic E-state index is 12.1. The molecular formula is C14H21ClN2O3S. The Morgan fingerprint density at radius 2 is 2.05 bits per heavy atom. The molecule has 0 heterocycles. The molecule has 5 nitrogen and oxygen atoms in total. The number of hydrogen-bond donors (Lipinski definition) is 2. The Balaban J connectivity index is 2.97. The van der Waals surface area contributed by atoms with Crippen LogP contribution in [0.2, 0.25) is 0 Å². The van der Waals surface area contributed by atoms with E-state index in [2.05, 4.69) is 10.0 Å². The minimum absolute atomic E-state index is 0.0542. The molecule has 0 radical (unpaired) electrons. The van der Waals surface area contributed by atoms with Crippen LogP contribution in [0.15, 0.2) is 18.2 Å². The number of carbonyl (C=O) groups is 1. The predicted molar refractivity (Wildman–Crippen MR) is 86.5 cm³/mol. The van der Waals surface area contributed by atoms with Gasteiger partial charge in [-0.1, -0.05) is 13.0 Å². The lowest BCUT2D eigenvalue weighted by atomic mass is 10.1. The van der Waals surface area contributed by atoms with Gasteiger partial charge in [-0.25, -0.2) is 8.42 Å². The van der Waals surface area contributed by atoms with Crippen LogP contribution in [0, 0.1) is 12.8 Å². The molecule has 0 bridgehead atoms. The maximum atomic E-state index is 12.1. The zero-order valence-electron chi connectivity index (χ0n) is 12.4. The van der Waals surface area contributed by atoms with E-state index in [1.165, 1.54) is 0 Å². The highest BCUT2D eigenvalue weighted by Crippen LogP contribution is 2.19. The average Bonchev–Trinajstić information content (AvgIpc) is 2.40. The summed E-state index contributed by atoms with van der Waals surface area (Å²) in [5, 5.41) is 2.68. The van der Waals surface area contributed by atoms with E-state index in [0.717, 1.165) is 5.56 Å². The van der Waals surface area contributed by atoms with Gasteiger partial charge in [-0.05, 0) is 37.5 Å². The molecule has 0 aliphatic heterocycles. The summed E-state index contributed by atoms with van der Waals surface area (Å²) < 4.78 is 26.6. The van der Waals surface area contributed by atoms with Crippen LogP contribution < -0.4 is 10.0 Å². The number of rotatable bonds is 7. The molecule has 2 N–H and O–H groups in total. The van der Waals surface area contributed by atoms with Gasteiger partial charge in [-0.15, -0.1) is 11.6 Å². The molecule has 21 heavy (non-hydrogen) atoms. The molecule has 0 fully saturated rings. The third-order valence-electron chi connectivity index (χ3n) is 2.87. The highest BCUT2D eigenvalue weighted by atomic mass is 35.5. The molecule has 1 aromatic carbocycles. The van der Waals surface area contributed by atoms with Crippen molar-refractivity contribution < 1.29 is 13.2 Å². The third kappa shape index (κ3) is 5.55. The summed E-state index contributed by atoms with van der Waals surface area (Å²) in [6.45, 7) is 5.89. The van der Waals surface area contributed by atoms with Gasteiger partial charge in [0.25, 0.3) is 5.91 Å². The molecule has 1 atom stereocenters. The SMILES string of the molecule is CCNC(=O)c1ccc(C)c(NS(=O)(=O)CC(C)CCl)c1. The number of anilines is 1. The fourth-order valence-corrected chi connectivity index (χ4v) is 3.51. The molecule has 0 aromatic heterocycles. The molecule has 1 unspecified atom stereocenters. The van der Waals surface area contributed by atoms with Crippen LogP contribution >= 0.6 is 11.6 Å². The molecule has 0 aliphatic carbocycles. The number of sulfonamides is 1. The number of amides is 1. The van der Waals surface area contributed by atoms with E-state index in [9.17, 15) is 13.2 Å². The maximum Gasteiger partial charge on any atom is 0.251 e. The van der Waals surface area contributed by atoms with Crippen LogP contribution in [0.3, 0.4) is 0 Å². The van der Waals surface area contributed by atoms with E-state index < -0.39 is 10.0 Å². The fourth-order valence-electron chi connectivity index (χ4n) is 1.76. The quantitative estimate of drug-likeness (QED) is 0.753. The van der Waals surface area contributed by atoms with Crippen molar-refractivity contribution in [2.24, 2.45) is 5.92 Å². The topological polar surface area (TPSA) is 75.3 Å². The summed E-state index contributed by atoms with van der Waals surface area (Å²) in [4.78, 5) is 11.8. The van der Waals surface area contributed by atoms with Gasteiger partial charge >= 0.3 is 0 Å². The number of hydrogen-bond acceptors (Lipinski definition) is 3. The molecule has 0 saturated heterocycles. The zero-order valence-corrected chi connectivity index (χ0v) is 14.0. The Labute approximate surface area is 131 Å². The van der Waals surface area contributed by atoms with E-state index in [-0.39, 0.29) is 23.5 Å². The van der Waals surface area contributed by atoms with Crippen molar-refractivity contribution in [2.45, 2.75) is 20.8 Å². The van der Waals surface area contributed by atoms with Gasteiger partial charge in [0.15, 0.2) is 0 Å². The van der Waals surface area contributed by atoms with Gasteiger partial charge < -0.3 is 5.32 Å². The minimum atomic E-state index is -3.49. The molecule has 7 heteroatoms. The van der Waals surface area contributed by atoms with Crippen LogP contribution in [0.4, 0.5) is 5.69 Å². The first-order chi connectivity index (χ1) is 9.79. The van der Waals surface area contributed by atoms with Crippen molar-refractivity contribution in [1.82, 2.24) is 5.32 Å². The first-order valence-corrected chi connectivity index (χ1v) is 8.93. The summed E-state index contributed by atoms with van der Waals surface area (Å²) >= 11 is 5.65. The zero-order chi connectivity index (χ0) is 16.0. The van der Waals surface area contributed by atoms with Crippen LogP contribution in [-0.4, -0.2) is 32.5 Å². The third-order valence-corrected chi connectivity index (χ3v) is 4.94. The second kappa shape index (κ2) is 7.66. The van der Waals surface area contributed by atoms with Crippen molar-refractivity contribution >= 4 is 33.2 Å². The molecule has 1 amide bonds. The van der Waals surface area contributed by atoms with Crippen LogP contribution in [0.5, 0.6) is 0 Å². The minimum Gasteiger partial charge on any atom is -0.352 e. The van der Waals surface area contributed by atoms with Gasteiger partial charge in [0, 0.05) is 18.0 Å². The molecule has 118 valence electrons. The van der Waals surface area contributed by atoms with E-state index >= 15 is 0 Å². The first-order valence-electron chi connectivity index (χ1n) is 6.74. The summed E-state index contributed by atoms with van der Waals surface area (Å²) in [5.74, 6) is -0.150. The van der Waals surface area contributed by atoms with Crippen molar-refractivity contribution in [3.63, 3.8) is 0 Å². The lowest BCUT2D eigenvalue weighted by molar-refractivity contribution is 0.0956. The molecule has 0 saturated carbocycles. The Kier molecular flexibility index (Phi) is 6.48. The largest absolute Gasteiger partial charge is 0.352 e. The summed E-state index contributed by atoms with van der Waals surface area (Å²) in [6, 6.07) is 4.93. The second-order valence-electron chi connectivity index (χ2n) is 5.03. The number of carbonyl (C=O) groups excluding carboxylic acids is 1. The predicted octanol–water partition coefficient (Wildman–Crippen LogP) is 2.36. The van der Waals surface area contributed by atoms with Gasteiger partial charge in [-0.2, -0.15) is 0 Å². The number of aryl methyl sites for hydroxylation is 1. The normalized spacial score (nSPS) is 12.8. The summed E-state index contributed by atoms with van der Waals surface area (Å²) in [5.41, 5.74) is 1.59. The highest BCUT2D eigenvalue weighted by Gasteiger charge is 2.17. The molecule has 1 aromatic rings. The fraction of sp³-hybridized carbons (Fsp3) is 0.500. The molecular weight excluding hydrogens is 312 g/mol. The number of benzene rings is 1. The first kappa shape index (κ1) is 17.8. The van der Waals surface area contributed by atoms with Crippen molar-refractivity contribution in [3.8, 4) is 0 Å². The Morgan fingerprint density at radius 1 is 1.38 bits per heavy atom. The van der Waals surface area contributed by atoms with Gasteiger partial charge in [-0.3, -0.25) is 9.52 Å². The summed E-state index contributed by atoms with van der Waals surface area (Å²) in [6.07, 6.45) is 0. The monoisotopic (exact) mass is 332 g/mol.